The molecular weight excluding hydrogens is 272 g/mol. The van der Waals surface area contributed by atoms with Crippen molar-refractivity contribution in [3.8, 4) is 0 Å². The molecule has 2 fully saturated rings. The normalized spacial score (nSPS) is 21.9. The molecule has 0 N–H and O–H groups in total. The molecule has 2 aliphatic rings. The molecule has 21 heavy (non-hydrogen) atoms. The quantitative estimate of drug-likeness (QED) is 0.560. The average Bonchev–Trinajstić information content (AvgIpc) is 2.96. The Bertz CT molecular complexity index is 545. The first kappa shape index (κ1) is 13.8. The van der Waals surface area contributed by atoms with Gasteiger partial charge in [0, 0.05) is 9.75 Å². The minimum Gasteiger partial charge on any atom is -0.144 e. The van der Waals surface area contributed by atoms with E-state index in [1.165, 1.54) is 64.2 Å². The SMILES string of the molecule is c1ccc2c(C3CCCCC3)sc(C3CCCCC3)c2c1. The highest BCUT2D eigenvalue weighted by Gasteiger charge is 2.25. The standard InChI is InChI=1S/C20H26S/c1-3-9-15(10-4-1)19-17-13-7-8-14-18(17)20(21-19)16-11-5-2-6-12-16/h7-8,13-16H,1-6,9-12H2. The Balaban J connectivity index is 1.76. The van der Waals surface area contributed by atoms with E-state index >= 15 is 0 Å². The van der Waals surface area contributed by atoms with Gasteiger partial charge in [0.25, 0.3) is 0 Å². The Labute approximate surface area is 132 Å². The van der Waals surface area contributed by atoms with Gasteiger partial charge in [-0.15, -0.1) is 11.3 Å². The van der Waals surface area contributed by atoms with Crippen LogP contribution >= 0.6 is 11.3 Å². The van der Waals surface area contributed by atoms with Gasteiger partial charge >= 0.3 is 0 Å². The van der Waals surface area contributed by atoms with E-state index in [2.05, 4.69) is 35.6 Å². The van der Waals surface area contributed by atoms with Crippen molar-refractivity contribution in [1.82, 2.24) is 0 Å². The van der Waals surface area contributed by atoms with E-state index in [1.54, 1.807) is 20.5 Å². The van der Waals surface area contributed by atoms with Gasteiger partial charge in [-0.2, -0.15) is 0 Å². The van der Waals surface area contributed by atoms with Crippen LogP contribution in [0, 0.1) is 0 Å². The topological polar surface area (TPSA) is 0 Å². The summed E-state index contributed by atoms with van der Waals surface area (Å²) in [5.41, 5.74) is 0. The molecule has 0 radical (unpaired) electrons. The van der Waals surface area contributed by atoms with Crippen LogP contribution in [0.1, 0.15) is 85.8 Å². The van der Waals surface area contributed by atoms with E-state index in [1.807, 2.05) is 0 Å². The minimum absolute atomic E-state index is 0.853. The summed E-state index contributed by atoms with van der Waals surface area (Å²) in [5.74, 6) is 1.71. The van der Waals surface area contributed by atoms with Crippen LogP contribution in [0.4, 0.5) is 0 Å². The lowest BCUT2D eigenvalue weighted by Crippen LogP contribution is -2.03. The molecule has 0 spiro atoms. The molecule has 1 aromatic carbocycles. The van der Waals surface area contributed by atoms with Crippen molar-refractivity contribution in [2.45, 2.75) is 76.0 Å². The second-order valence-electron chi connectivity index (χ2n) is 7.05. The first-order valence-corrected chi connectivity index (χ1v) is 9.76. The highest BCUT2D eigenvalue weighted by molar-refractivity contribution is 7.14. The molecule has 4 rings (SSSR count). The van der Waals surface area contributed by atoms with Crippen molar-refractivity contribution in [2.75, 3.05) is 0 Å². The molecular formula is C20H26S. The molecule has 0 bridgehead atoms. The number of rotatable bonds is 2. The fraction of sp³-hybridized carbons (Fsp3) is 0.600. The van der Waals surface area contributed by atoms with E-state index in [0.717, 1.165) is 11.8 Å². The van der Waals surface area contributed by atoms with Crippen LogP contribution in [0.15, 0.2) is 24.3 Å². The molecule has 1 aromatic heterocycles. The third kappa shape index (κ3) is 2.65. The predicted molar refractivity (Wildman–Crippen MR) is 93.5 cm³/mol. The summed E-state index contributed by atoms with van der Waals surface area (Å²) in [6.45, 7) is 0. The van der Waals surface area contributed by atoms with Gasteiger partial charge in [-0.1, -0.05) is 62.8 Å². The van der Waals surface area contributed by atoms with Gasteiger partial charge in [-0.25, -0.2) is 0 Å². The van der Waals surface area contributed by atoms with Gasteiger partial charge in [0.2, 0.25) is 0 Å². The molecule has 1 heteroatoms. The summed E-state index contributed by atoms with van der Waals surface area (Å²) in [6.07, 6.45) is 14.4. The summed E-state index contributed by atoms with van der Waals surface area (Å²) in [4.78, 5) is 3.46. The molecule has 0 atom stereocenters. The number of benzene rings is 1. The zero-order chi connectivity index (χ0) is 14.1. The van der Waals surface area contributed by atoms with Gasteiger partial charge < -0.3 is 0 Å². The summed E-state index contributed by atoms with van der Waals surface area (Å²) < 4.78 is 0. The molecule has 1 heterocycles. The molecule has 2 aliphatic carbocycles. The summed E-state index contributed by atoms with van der Waals surface area (Å²) in [6, 6.07) is 9.27. The van der Waals surface area contributed by atoms with Gasteiger partial charge in [-0.3, -0.25) is 0 Å². The fourth-order valence-corrected chi connectivity index (χ4v) is 6.09. The van der Waals surface area contributed by atoms with Gasteiger partial charge in [0.05, 0.1) is 0 Å². The predicted octanol–water partition coefficient (Wildman–Crippen LogP) is 7.00. The maximum Gasteiger partial charge on any atom is 0.0158 e. The van der Waals surface area contributed by atoms with Crippen molar-refractivity contribution in [3.63, 3.8) is 0 Å². The van der Waals surface area contributed by atoms with Crippen molar-refractivity contribution in [3.05, 3.63) is 34.0 Å². The van der Waals surface area contributed by atoms with Crippen LogP contribution in [-0.2, 0) is 0 Å². The molecule has 0 amide bonds. The maximum atomic E-state index is 2.39. The van der Waals surface area contributed by atoms with Gasteiger partial charge in [-0.05, 0) is 48.3 Å². The van der Waals surface area contributed by atoms with Crippen molar-refractivity contribution in [2.24, 2.45) is 0 Å². The largest absolute Gasteiger partial charge is 0.144 e. The molecule has 0 unspecified atom stereocenters. The molecule has 112 valence electrons. The van der Waals surface area contributed by atoms with Crippen LogP contribution in [0.25, 0.3) is 10.8 Å². The zero-order valence-corrected chi connectivity index (χ0v) is 13.8. The Hall–Kier alpha value is -0.820. The Morgan fingerprint density at radius 2 is 1.05 bits per heavy atom. The summed E-state index contributed by atoms with van der Waals surface area (Å²) >= 11 is 2.19. The van der Waals surface area contributed by atoms with Crippen LogP contribution in [0.5, 0.6) is 0 Å². The van der Waals surface area contributed by atoms with Crippen LogP contribution in [-0.4, -0.2) is 0 Å². The zero-order valence-electron chi connectivity index (χ0n) is 12.9. The lowest BCUT2D eigenvalue weighted by Gasteiger charge is -2.22. The Kier molecular flexibility index (Phi) is 4.03. The van der Waals surface area contributed by atoms with Crippen LogP contribution in [0.3, 0.4) is 0 Å². The van der Waals surface area contributed by atoms with Gasteiger partial charge in [0.1, 0.15) is 0 Å². The van der Waals surface area contributed by atoms with Crippen LogP contribution < -0.4 is 0 Å². The first-order valence-electron chi connectivity index (χ1n) is 8.95. The Morgan fingerprint density at radius 1 is 0.619 bits per heavy atom. The van der Waals surface area contributed by atoms with E-state index < -0.39 is 0 Å². The van der Waals surface area contributed by atoms with E-state index in [0.29, 0.717) is 0 Å². The lowest BCUT2D eigenvalue weighted by molar-refractivity contribution is 0.448. The fourth-order valence-electron chi connectivity index (χ4n) is 4.48. The summed E-state index contributed by atoms with van der Waals surface area (Å²) in [5, 5.41) is 3.19. The monoisotopic (exact) mass is 298 g/mol. The van der Waals surface area contributed by atoms with E-state index in [-0.39, 0.29) is 0 Å². The minimum atomic E-state index is 0.853. The van der Waals surface area contributed by atoms with Crippen LogP contribution in [0.2, 0.25) is 0 Å². The second-order valence-corrected chi connectivity index (χ2v) is 8.13. The third-order valence-corrected chi connectivity index (χ3v) is 7.18. The molecule has 2 saturated carbocycles. The smallest absolute Gasteiger partial charge is 0.0158 e. The molecule has 0 saturated heterocycles. The molecule has 2 aromatic rings. The van der Waals surface area contributed by atoms with E-state index in [4.69, 9.17) is 0 Å². The average molecular weight is 298 g/mol. The maximum absolute atomic E-state index is 2.39. The number of fused-ring (bicyclic) bond motifs is 1. The van der Waals surface area contributed by atoms with Crippen molar-refractivity contribution < 1.29 is 0 Å². The lowest BCUT2D eigenvalue weighted by atomic mass is 9.85. The second kappa shape index (κ2) is 6.12. The first-order chi connectivity index (χ1) is 10.4. The highest BCUT2D eigenvalue weighted by Crippen LogP contribution is 2.47. The Morgan fingerprint density at radius 3 is 1.48 bits per heavy atom. The number of hydrogen-bond acceptors (Lipinski definition) is 1. The highest BCUT2D eigenvalue weighted by atomic mass is 32.1. The number of thiophene rings is 1. The molecule has 0 aliphatic heterocycles. The van der Waals surface area contributed by atoms with Crippen molar-refractivity contribution in [1.29, 1.82) is 0 Å². The summed E-state index contributed by atoms with van der Waals surface area (Å²) in [7, 11) is 0. The molecule has 0 nitrogen and oxygen atoms in total. The van der Waals surface area contributed by atoms with E-state index in [9.17, 15) is 0 Å². The number of hydrogen-bond donors (Lipinski definition) is 0. The van der Waals surface area contributed by atoms with Crippen molar-refractivity contribution >= 4 is 22.1 Å². The third-order valence-electron chi connectivity index (χ3n) is 5.63. The van der Waals surface area contributed by atoms with Gasteiger partial charge in [0.15, 0.2) is 0 Å².